The number of hydrogen-bond acceptors (Lipinski definition) is 2. The molecule has 1 aromatic rings. The maximum absolute atomic E-state index is 10.3. The second kappa shape index (κ2) is 3.60. The lowest BCUT2D eigenvalue weighted by Crippen LogP contribution is -2.31. The fourth-order valence-corrected chi connectivity index (χ4v) is 2.89. The first kappa shape index (κ1) is 9.34. The Balaban J connectivity index is 1.83. The average molecular weight is 203 g/mol. The summed E-state index contributed by atoms with van der Waals surface area (Å²) >= 11 is 0. The van der Waals surface area contributed by atoms with Crippen molar-refractivity contribution in [1.82, 2.24) is 4.98 Å². The third-order valence-electron chi connectivity index (χ3n) is 4.05. The average Bonchev–Trinajstić information content (AvgIpc) is 2.58. The second-order valence-corrected chi connectivity index (χ2v) is 4.87. The Bertz CT molecular complexity index is 359. The van der Waals surface area contributed by atoms with Crippen LogP contribution < -0.4 is 0 Å². The van der Waals surface area contributed by atoms with E-state index in [9.17, 15) is 5.11 Å². The van der Waals surface area contributed by atoms with Crippen LogP contribution in [0.5, 0.6) is 0 Å². The predicted octanol–water partition coefficient (Wildman–Crippen LogP) is 2.27. The summed E-state index contributed by atoms with van der Waals surface area (Å²) in [7, 11) is 0. The highest BCUT2D eigenvalue weighted by Gasteiger charge is 2.36. The first-order chi connectivity index (χ1) is 7.36. The van der Waals surface area contributed by atoms with E-state index in [2.05, 4.69) is 11.1 Å². The van der Waals surface area contributed by atoms with Gasteiger partial charge in [0.2, 0.25) is 0 Å². The Labute approximate surface area is 90.4 Å². The van der Waals surface area contributed by atoms with Crippen molar-refractivity contribution in [2.45, 2.75) is 44.1 Å². The number of fused-ring (bicyclic) bond motifs is 1. The van der Waals surface area contributed by atoms with Gasteiger partial charge in [-0.3, -0.25) is 4.98 Å². The molecular weight excluding hydrogens is 186 g/mol. The molecule has 0 amide bonds. The first-order valence-corrected chi connectivity index (χ1v) is 5.98. The van der Waals surface area contributed by atoms with Crippen LogP contribution in [0, 0.1) is 5.92 Å². The summed E-state index contributed by atoms with van der Waals surface area (Å²) in [6.07, 6.45) is 7.60. The summed E-state index contributed by atoms with van der Waals surface area (Å²) in [6.45, 7) is 0. The highest BCUT2D eigenvalue weighted by molar-refractivity contribution is 5.29. The van der Waals surface area contributed by atoms with Crippen LogP contribution in [-0.2, 0) is 6.42 Å². The van der Waals surface area contributed by atoms with Gasteiger partial charge in [0, 0.05) is 17.8 Å². The number of aliphatic hydroxyl groups excluding tert-OH is 1. The van der Waals surface area contributed by atoms with Crippen LogP contribution in [0.3, 0.4) is 0 Å². The highest BCUT2D eigenvalue weighted by Crippen LogP contribution is 2.41. The van der Waals surface area contributed by atoms with Crippen molar-refractivity contribution in [3.8, 4) is 0 Å². The Kier molecular flexibility index (Phi) is 2.24. The number of nitrogens with zero attached hydrogens (tertiary/aromatic N) is 1. The molecule has 0 aromatic carbocycles. The van der Waals surface area contributed by atoms with Crippen LogP contribution >= 0.6 is 0 Å². The normalized spacial score (nSPS) is 27.1. The van der Waals surface area contributed by atoms with Crippen molar-refractivity contribution in [1.29, 1.82) is 0 Å². The first-order valence-electron chi connectivity index (χ1n) is 5.98. The molecule has 1 aromatic heterocycles. The van der Waals surface area contributed by atoms with Crippen molar-refractivity contribution >= 4 is 0 Å². The minimum atomic E-state index is -0.144. The van der Waals surface area contributed by atoms with E-state index in [1.165, 1.54) is 24.8 Å². The lowest BCUT2D eigenvalue weighted by molar-refractivity contribution is 0.0393. The molecule has 0 bridgehead atoms. The van der Waals surface area contributed by atoms with Crippen molar-refractivity contribution in [3.63, 3.8) is 0 Å². The molecular formula is C13H17NO. The Morgan fingerprint density at radius 2 is 2.20 bits per heavy atom. The molecule has 0 saturated heterocycles. The maximum atomic E-state index is 10.3. The van der Waals surface area contributed by atoms with Crippen LogP contribution in [0.15, 0.2) is 18.3 Å². The predicted molar refractivity (Wildman–Crippen MR) is 58.6 cm³/mol. The van der Waals surface area contributed by atoms with Crippen LogP contribution in [0.1, 0.15) is 42.9 Å². The molecule has 1 saturated carbocycles. The van der Waals surface area contributed by atoms with Gasteiger partial charge in [-0.25, -0.2) is 0 Å². The van der Waals surface area contributed by atoms with Gasteiger partial charge in [0.25, 0.3) is 0 Å². The molecule has 80 valence electrons. The fraction of sp³-hybridized carbons (Fsp3) is 0.615. The molecule has 0 aliphatic heterocycles. The summed E-state index contributed by atoms with van der Waals surface area (Å²) in [5, 5.41) is 10.3. The molecule has 1 N–H and O–H groups in total. The van der Waals surface area contributed by atoms with E-state index in [1.54, 1.807) is 0 Å². The molecule has 1 fully saturated rings. The molecule has 3 rings (SSSR count). The number of aryl methyl sites for hydroxylation is 1. The van der Waals surface area contributed by atoms with Crippen LogP contribution in [0.25, 0.3) is 0 Å². The standard InChI is InChI=1S/C13H17NO/c15-13(10-3-1-4-10)11-7-6-9-5-2-8-14-12(9)11/h2,5,8,10-11,13,15H,1,3-4,6-7H2. The summed E-state index contributed by atoms with van der Waals surface area (Å²) in [6, 6.07) is 4.15. The van der Waals surface area contributed by atoms with Crippen molar-refractivity contribution in [2.75, 3.05) is 0 Å². The summed E-state index contributed by atoms with van der Waals surface area (Å²) < 4.78 is 0. The van der Waals surface area contributed by atoms with Gasteiger partial charge in [-0.2, -0.15) is 0 Å². The van der Waals surface area contributed by atoms with E-state index in [4.69, 9.17) is 0 Å². The zero-order valence-corrected chi connectivity index (χ0v) is 8.89. The summed E-state index contributed by atoms with van der Waals surface area (Å²) in [4.78, 5) is 4.44. The fourth-order valence-electron chi connectivity index (χ4n) is 2.89. The van der Waals surface area contributed by atoms with Gasteiger partial charge in [-0.1, -0.05) is 12.5 Å². The Morgan fingerprint density at radius 3 is 2.93 bits per heavy atom. The van der Waals surface area contributed by atoms with Gasteiger partial charge in [0.1, 0.15) is 0 Å². The molecule has 0 spiro atoms. The number of hydrogen-bond donors (Lipinski definition) is 1. The Morgan fingerprint density at radius 1 is 1.33 bits per heavy atom. The minimum absolute atomic E-state index is 0.144. The van der Waals surface area contributed by atoms with Gasteiger partial charge in [0.05, 0.1) is 6.10 Å². The lowest BCUT2D eigenvalue weighted by atomic mass is 9.76. The quantitative estimate of drug-likeness (QED) is 0.800. The number of pyridine rings is 1. The maximum Gasteiger partial charge on any atom is 0.0652 e. The Hall–Kier alpha value is -0.890. The van der Waals surface area contributed by atoms with Gasteiger partial charge in [-0.15, -0.1) is 0 Å². The number of aliphatic hydroxyl groups is 1. The number of rotatable bonds is 2. The molecule has 2 atom stereocenters. The van der Waals surface area contributed by atoms with E-state index in [1.807, 2.05) is 12.3 Å². The van der Waals surface area contributed by atoms with E-state index < -0.39 is 0 Å². The monoisotopic (exact) mass is 203 g/mol. The van der Waals surface area contributed by atoms with Crippen LogP contribution in [-0.4, -0.2) is 16.2 Å². The zero-order chi connectivity index (χ0) is 10.3. The third kappa shape index (κ3) is 1.48. The second-order valence-electron chi connectivity index (χ2n) is 4.87. The molecule has 2 aliphatic rings. The van der Waals surface area contributed by atoms with Crippen molar-refractivity contribution in [2.24, 2.45) is 5.92 Å². The van der Waals surface area contributed by atoms with E-state index >= 15 is 0 Å². The molecule has 2 nitrogen and oxygen atoms in total. The van der Waals surface area contributed by atoms with Crippen LogP contribution in [0.2, 0.25) is 0 Å². The molecule has 2 unspecified atom stereocenters. The van der Waals surface area contributed by atoms with Crippen molar-refractivity contribution < 1.29 is 5.11 Å². The molecule has 2 aliphatic carbocycles. The molecule has 15 heavy (non-hydrogen) atoms. The van der Waals surface area contributed by atoms with Gasteiger partial charge in [0.15, 0.2) is 0 Å². The largest absolute Gasteiger partial charge is 0.392 e. The molecule has 1 heterocycles. The van der Waals surface area contributed by atoms with E-state index in [-0.39, 0.29) is 6.10 Å². The lowest BCUT2D eigenvalue weighted by Gasteiger charge is -2.33. The summed E-state index contributed by atoms with van der Waals surface area (Å²) in [5.74, 6) is 0.856. The third-order valence-corrected chi connectivity index (χ3v) is 4.05. The van der Waals surface area contributed by atoms with Gasteiger partial charge < -0.3 is 5.11 Å². The SMILES string of the molecule is OC(C1CCC1)C1CCc2cccnc21. The van der Waals surface area contributed by atoms with E-state index in [0.29, 0.717) is 11.8 Å². The van der Waals surface area contributed by atoms with Gasteiger partial charge in [-0.05, 0) is 43.2 Å². The van der Waals surface area contributed by atoms with E-state index in [0.717, 1.165) is 18.5 Å². The number of aromatic nitrogens is 1. The molecule has 0 radical (unpaired) electrons. The minimum Gasteiger partial charge on any atom is -0.392 e. The van der Waals surface area contributed by atoms with Crippen molar-refractivity contribution in [3.05, 3.63) is 29.6 Å². The smallest absolute Gasteiger partial charge is 0.0652 e. The van der Waals surface area contributed by atoms with Gasteiger partial charge >= 0.3 is 0 Å². The zero-order valence-electron chi connectivity index (χ0n) is 8.89. The summed E-state index contributed by atoms with van der Waals surface area (Å²) in [5.41, 5.74) is 2.51. The van der Waals surface area contributed by atoms with Crippen LogP contribution in [0.4, 0.5) is 0 Å². The highest BCUT2D eigenvalue weighted by atomic mass is 16.3. The topological polar surface area (TPSA) is 33.1 Å². The molecule has 2 heteroatoms.